The van der Waals surface area contributed by atoms with Crippen LogP contribution in [0.4, 0.5) is 10.5 Å². The Labute approximate surface area is 202 Å². The first kappa shape index (κ1) is 22.4. The summed E-state index contributed by atoms with van der Waals surface area (Å²) in [5.74, 6) is -0.246. The number of methoxy groups -OCH3 is 1. The molecule has 0 spiro atoms. The summed E-state index contributed by atoms with van der Waals surface area (Å²) >= 11 is 5.31. The van der Waals surface area contributed by atoms with Crippen molar-refractivity contribution in [2.45, 2.75) is 29.4 Å². The van der Waals surface area contributed by atoms with Crippen LogP contribution in [0.15, 0.2) is 78.2 Å². The molecule has 3 heterocycles. The zero-order chi connectivity index (χ0) is 23.9. The van der Waals surface area contributed by atoms with Gasteiger partial charge in [0.05, 0.1) is 23.7 Å². The summed E-state index contributed by atoms with van der Waals surface area (Å²) in [6, 6.07) is 15.1. The molecule has 176 valence electrons. The highest BCUT2D eigenvalue weighted by molar-refractivity contribution is 7.92. The minimum atomic E-state index is -3.97. The van der Waals surface area contributed by atoms with E-state index < -0.39 is 28.3 Å². The molecule has 2 aliphatic rings. The minimum Gasteiger partial charge on any atom is -0.468 e. The van der Waals surface area contributed by atoms with Gasteiger partial charge in [-0.25, -0.2) is 22.5 Å². The van der Waals surface area contributed by atoms with Gasteiger partial charge in [0.1, 0.15) is 19.1 Å². The van der Waals surface area contributed by atoms with Gasteiger partial charge in [-0.2, -0.15) is 0 Å². The van der Waals surface area contributed by atoms with Crippen LogP contribution in [-0.2, 0) is 19.5 Å². The summed E-state index contributed by atoms with van der Waals surface area (Å²) in [5, 5.41) is 0.188. The van der Waals surface area contributed by atoms with Gasteiger partial charge >= 0.3 is 6.09 Å². The number of hydrogen-bond donors (Lipinski definition) is 0. The topological polar surface area (TPSA) is 94.0 Å². The van der Waals surface area contributed by atoms with Gasteiger partial charge in [-0.15, -0.1) is 0 Å². The lowest BCUT2D eigenvalue weighted by Gasteiger charge is -2.35. The van der Waals surface area contributed by atoms with Gasteiger partial charge in [0.2, 0.25) is 0 Å². The van der Waals surface area contributed by atoms with Crippen LogP contribution in [0.1, 0.15) is 17.9 Å². The molecule has 0 bridgehead atoms. The molecule has 3 aromatic rings. The first-order valence-electron chi connectivity index (χ1n) is 10.6. The molecule has 2 aliphatic heterocycles. The quantitative estimate of drug-likeness (QED) is 0.510. The number of hydrogen-bond acceptors (Lipinski definition) is 7. The Hall–Kier alpha value is -3.44. The number of ether oxygens (including phenoxy) is 2. The van der Waals surface area contributed by atoms with E-state index in [-0.39, 0.29) is 22.6 Å². The Morgan fingerprint density at radius 1 is 1.15 bits per heavy atom. The maximum Gasteiger partial charge on any atom is 0.411 e. The Bertz CT molecular complexity index is 1310. The molecule has 9 nitrogen and oxygen atoms in total. The number of aromatic nitrogens is 2. The first-order chi connectivity index (χ1) is 16.4. The van der Waals surface area contributed by atoms with Crippen molar-refractivity contribution in [1.82, 2.24) is 14.5 Å². The molecule has 1 amide bonds. The maximum atomic E-state index is 13.8. The van der Waals surface area contributed by atoms with E-state index in [1.807, 2.05) is 12.1 Å². The monoisotopic (exact) mass is 498 g/mol. The van der Waals surface area contributed by atoms with E-state index in [0.29, 0.717) is 12.1 Å². The lowest BCUT2D eigenvalue weighted by atomic mass is 9.97. The molecule has 3 atom stereocenters. The molecule has 1 fully saturated rings. The van der Waals surface area contributed by atoms with Crippen LogP contribution in [0.2, 0.25) is 0 Å². The van der Waals surface area contributed by atoms with Gasteiger partial charge in [-0.05, 0) is 42.4 Å². The fourth-order valence-electron chi connectivity index (χ4n) is 4.74. The zero-order valence-electron chi connectivity index (χ0n) is 18.2. The van der Waals surface area contributed by atoms with Crippen LogP contribution in [-0.4, -0.2) is 60.1 Å². The van der Waals surface area contributed by atoms with Crippen LogP contribution in [0.25, 0.3) is 0 Å². The molecule has 0 radical (unpaired) electrons. The van der Waals surface area contributed by atoms with Gasteiger partial charge in [0.15, 0.2) is 0 Å². The lowest BCUT2D eigenvalue weighted by Crippen LogP contribution is -2.52. The summed E-state index contributed by atoms with van der Waals surface area (Å²) in [6.07, 6.45) is 3.84. The number of benzene rings is 2. The van der Waals surface area contributed by atoms with Gasteiger partial charge in [0, 0.05) is 18.3 Å². The summed E-state index contributed by atoms with van der Waals surface area (Å²) in [6.45, 7) is 0.0838. The number of carbonyl (C=O) groups is 1. The molecule has 0 aliphatic carbocycles. The standard InChI is InChI=1S/C23H22N4O5S2/c1-31-22(28)26-16(14-32-23(33)25-12-11-24-15-25)13-19-18-9-5-6-10-20(18)27(21(19)26)34(29,30)17-7-3-2-4-8-17/h2-12,15-16,19,21H,13-14H2,1H3/t16-,19+,21-/m0/s1. The van der Waals surface area contributed by atoms with Crippen LogP contribution in [0, 0.1) is 0 Å². The van der Waals surface area contributed by atoms with Crippen LogP contribution >= 0.6 is 12.2 Å². The maximum absolute atomic E-state index is 13.8. The van der Waals surface area contributed by atoms with Crippen molar-refractivity contribution in [2.75, 3.05) is 18.0 Å². The smallest absolute Gasteiger partial charge is 0.411 e. The summed E-state index contributed by atoms with van der Waals surface area (Å²) in [5.41, 5.74) is 1.42. The van der Waals surface area contributed by atoms with Crippen molar-refractivity contribution < 1.29 is 22.7 Å². The lowest BCUT2D eigenvalue weighted by molar-refractivity contribution is 0.0886. The van der Waals surface area contributed by atoms with Crippen LogP contribution in [0.3, 0.4) is 0 Å². The van der Waals surface area contributed by atoms with Crippen molar-refractivity contribution in [1.29, 1.82) is 0 Å². The Morgan fingerprint density at radius 3 is 2.59 bits per heavy atom. The van der Waals surface area contributed by atoms with E-state index in [9.17, 15) is 13.2 Å². The van der Waals surface area contributed by atoms with E-state index >= 15 is 0 Å². The second-order valence-corrected chi connectivity index (χ2v) is 10.2. The number of nitrogens with zero attached hydrogens (tertiary/aromatic N) is 4. The molecular formula is C23H22N4O5S2. The first-order valence-corrected chi connectivity index (χ1v) is 12.5. The van der Waals surface area contributed by atoms with Crippen molar-refractivity contribution in [3.05, 3.63) is 78.9 Å². The van der Waals surface area contributed by atoms with Crippen molar-refractivity contribution in [3.8, 4) is 0 Å². The second kappa shape index (κ2) is 8.73. The number of imidazole rings is 1. The molecule has 5 rings (SSSR count). The van der Waals surface area contributed by atoms with E-state index in [1.54, 1.807) is 59.4 Å². The van der Waals surface area contributed by atoms with Crippen molar-refractivity contribution in [3.63, 3.8) is 0 Å². The number of carbonyl (C=O) groups excluding carboxylic acids is 1. The van der Waals surface area contributed by atoms with Gasteiger partial charge in [-0.1, -0.05) is 36.4 Å². The number of anilines is 1. The average Bonchev–Trinajstić information content (AvgIpc) is 3.58. The fraction of sp³-hybridized carbons (Fsp3) is 0.261. The molecule has 2 aromatic carbocycles. The van der Waals surface area contributed by atoms with E-state index in [1.165, 1.54) is 22.6 Å². The highest BCUT2D eigenvalue weighted by Gasteiger charge is 2.56. The number of sulfonamides is 1. The Kier molecular flexibility index (Phi) is 5.74. The Morgan fingerprint density at radius 2 is 1.88 bits per heavy atom. The summed E-state index contributed by atoms with van der Waals surface area (Å²) in [4.78, 5) is 18.5. The molecule has 34 heavy (non-hydrogen) atoms. The van der Waals surface area contributed by atoms with Gasteiger partial charge in [0.25, 0.3) is 15.2 Å². The van der Waals surface area contributed by atoms with Crippen molar-refractivity contribution in [2.24, 2.45) is 0 Å². The van der Waals surface area contributed by atoms with Crippen LogP contribution < -0.4 is 4.31 Å². The highest BCUT2D eigenvalue weighted by atomic mass is 32.2. The van der Waals surface area contributed by atoms with E-state index in [2.05, 4.69) is 4.98 Å². The van der Waals surface area contributed by atoms with E-state index in [4.69, 9.17) is 21.7 Å². The molecule has 1 aromatic heterocycles. The number of likely N-dealkylation sites (tertiary alicyclic amines) is 1. The van der Waals surface area contributed by atoms with E-state index in [0.717, 1.165) is 5.56 Å². The number of rotatable bonds is 4. The van der Waals surface area contributed by atoms with Gasteiger partial charge in [-0.3, -0.25) is 9.47 Å². The molecule has 0 saturated carbocycles. The minimum absolute atomic E-state index is 0.0838. The average molecular weight is 499 g/mol. The summed E-state index contributed by atoms with van der Waals surface area (Å²) in [7, 11) is -2.69. The highest BCUT2D eigenvalue weighted by Crippen LogP contribution is 2.51. The van der Waals surface area contributed by atoms with Crippen molar-refractivity contribution >= 4 is 39.2 Å². The molecule has 0 N–H and O–H groups in total. The molecule has 11 heteroatoms. The summed E-state index contributed by atoms with van der Waals surface area (Å²) < 4.78 is 41.4. The number of amides is 1. The second-order valence-electron chi connectivity index (χ2n) is 8.01. The number of fused-ring (bicyclic) bond motifs is 3. The molecule has 1 saturated heterocycles. The molecular weight excluding hydrogens is 476 g/mol. The largest absolute Gasteiger partial charge is 0.468 e. The molecule has 0 unspecified atom stereocenters. The number of para-hydroxylation sites is 1. The normalized spacial score (nSPS) is 21.1. The van der Waals surface area contributed by atoms with Gasteiger partial charge < -0.3 is 9.47 Å². The zero-order valence-corrected chi connectivity index (χ0v) is 19.9. The Balaban J connectivity index is 1.53. The fourth-order valence-corrected chi connectivity index (χ4v) is 6.61. The third-order valence-corrected chi connectivity index (χ3v) is 8.31. The predicted molar refractivity (Wildman–Crippen MR) is 128 cm³/mol. The third kappa shape index (κ3) is 3.61. The van der Waals surface area contributed by atoms with Crippen LogP contribution in [0.5, 0.6) is 0 Å². The number of thiocarbonyl (C=S) groups is 1. The predicted octanol–water partition coefficient (Wildman–Crippen LogP) is 3.19. The SMILES string of the molecule is COC(=O)N1[C@H](COC(=S)n2ccnc2)C[C@@H]2c3ccccc3N(S(=O)(=O)c3ccccc3)[C@@H]21. The third-order valence-electron chi connectivity index (χ3n) is 6.18.